The van der Waals surface area contributed by atoms with E-state index < -0.39 is 20.0 Å². The van der Waals surface area contributed by atoms with Crippen molar-refractivity contribution < 1.29 is 24.2 Å². The first-order valence-corrected chi connectivity index (χ1v) is 19.6. The molecule has 1 fully saturated rings. The Balaban J connectivity index is 1.66. The fourth-order valence-electron chi connectivity index (χ4n) is 6.89. The van der Waals surface area contributed by atoms with Crippen LogP contribution in [-0.2, 0) is 26.5 Å². The molecule has 2 amide bonds. The lowest BCUT2D eigenvalue weighted by Gasteiger charge is -2.32. The van der Waals surface area contributed by atoms with Crippen molar-refractivity contribution in [3.8, 4) is 0 Å². The van der Waals surface area contributed by atoms with E-state index in [0.29, 0.717) is 13.1 Å². The maximum Gasteiger partial charge on any atom is 0.264 e. The highest BCUT2D eigenvalue weighted by Crippen LogP contribution is 2.59. The van der Waals surface area contributed by atoms with Gasteiger partial charge in [-0.2, -0.15) is 0 Å². The van der Waals surface area contributed by atoms with Crippen molar-refractivity contribution in [2.75, 3.05) is 24.6 Å². The zero-order chi connectivity index (χ0) is 32.2. The number of ether oxygens (including phenoxy) is 1. The second kappa shape index (κ2) is 14.4. The van der Waals surface area contributed by atoms with Gasteiger partial charge in [-0.15, -0.1) is 0 Å². The first-order valence-electron chi connectivity index (χ1n) is 15.5. The van der Waals surface area contributed by atoms with Crippen LogP contribution in [0.5, 0.6) is 0 Å². The smallest absolute Gasteiger partial charge is 0.264 e. The van der Waals surface area contributed by atoms with E-state index in [1.807, 2.05) is 73.4 Å². The number of aliphatic hydroxyl groups is 1. The Morgan fingerprint density at radius 3 is 2.48 bits per heavy atom. The van der Waals surface area contributed by atoms with Crippen molar-refractivity contribution in [3.05, 3.63) is 86.5 Å². The molecule has 2 N–H and O–H groups in total. The van der Waals surface area contributed by atoms with Crippen molar-refractivity contribution in [1.29, 1.82) is 0 Å². The second-order valence-corrected chi connectivity index (χ2v) is 18.3. The predicted octanol–water partition coefficient (Wildman–Crippen LogP) is 6.54. The number of allylic oxidation sites excluding steroid dienone is 3. The van der Waals surface area contributed by atoms with E-state index in [2.05, 4.69) is 55.5 Å². The summed E-state index contributed by atoms with van der Waals surface area (Å²) in [5.41, 5.74) is 3.48. The summed E-state index contributed by atoms with van der Waals surface area (Å²) >= 11 is 2.26. The third-order valence-corrected chi connectivity index (χ3v) is 12.1. The molecule has 0 saturated carbocycles. The Morgan fingerprint density at radius 1 is 1.14 bits per heavy atom. The van der Waals surface area contributed by atoms with Crippen molar-refractivity contribution in [2.45, 2.75) is 83.8 Å². The van der Waals surface area contributed by atoms with E-state index in [4.69, 9.17) is 4.74 Å². The van der Waals surface area contributed by atoms with E-state index in [0.717, 1.165) is 33.2 Å². The Bertz CT molecular complexity index is 1400. The summed E-state index contributed by atoms with van der Waals surface area (Å²) in [5.74, 6) is -0.643. The summed E-state index contributed by atoms with van der Waals surface area (Å²) in [4.78, 5) is 43.4. The normalized spacial score (nSPS) is 23.3. The van der Waals surface area contributed by atoms with Gasteiger partial charge in [0, 0.05) is 40.2 Å². The first-order chi connectivity index (χ1) is 20.8. The number of hydrogen-bond donors (Lipinski definition) is 2. The second-order valence-electron chi connectivity index (χ2n) is 13.0. The number of rotatable bonds is 12. The first kappa shape index (κ1) is 34.6. The number of anilines is 1. The molecule has 0 bridgehead atoms. The molecule has 2 aliphatic rings. The highest BCUT2D eigenvalue weighted by atomic mass is 127. The van der Waals surface area contributed by atoms with Gasteiger partial charge in [0.05, 0.1) is 24.8 Å². The Kier molecular flexibility index (Phi) is 11.3. The van der Waals surface area contributed by atoms with Gasteiger partial charge in [-0.25, -0.2) is 0 Å². The van der Waals surface area contributed by atoms with E-state index in [-0.39, 0.29) is 42.8 Å². The molecule has 9 heteroatoms. The van der Waals surface area contributed by atoms with Crippen molar-refractivity contribution >= 4 is 48.4 Å². The SMILES string of the molecule is CC(C)=CCC/C(C)=C/CN1C(=O)[C@@]2(O[C@@H](CC(=O)N(CCO)Cc3ccccc3)[C@H]([Si](C)(C)O)[C@H]2C)c2cc(I)ccc21. The summed E-state index contributed by atoms with van der Waals surface area (Å²) < 4.78 is 7.87. The van der Waals surface area contributed by atoms with Crippen LogP contribution < -0.4 is 4.90 Å². The summed E-state index contributed by atoms with van der Waals surface area (Å²) in [5, 5.41) is 9.76. The summed E-state index contributed by atoms with van der Waals surface area (Å²) in [6.45, 7) is 12.9. The minimum Gasteiger partial charge on any atom is -0.432 e. The van der Waals surface area contributed by atoms with Crippen LogP contribution in [-0.4, -0.2) is 60.7 Å². The summed E-state index contributed by atoms with van der Waals surface area (Å²) in [6, 6.07) is 15.7. The van der Waals surface area contributed by atoms with Gasteiger partial charge in [0.1, 0.15) is 0 Å². The lowest BCUT2D eigenvalue weighted by Crippen LogP contribution is -2.46. The van der Waals surface area contributed by atoms with Gasteiger partial charge in [0.25, 0.3) is 5.91 Å². The van der Waals surface area contributed by atoms with Crippen LogP contribution >= 0.6 is 22.6 Å². The van der Waals surface area contributed by atoms with Gasteiger partial charge in [-0.1, -0.05) is 60.6 Å². The minimum absolute atomic E-state index is 0.0243. The Labute approximate surface area is 277 Å². The molecule has 1 spiro atoms. The molecular formula is C35H47IN2O5Si. The molecule has 0 radical (unpaired) electrons. The zero-order valence-electron chi connectivity index (χ0n) is 26.8. The number of amides is 2. The maximum atomic E-state index is 14.6. The number of halogens is 1. The number of nitrogens with zero attached hydrogens (tertiary/aromatic N) is 2. The lowest BCUT2D eigenvalue weighted by atomic mass is 9.82. The van der Waals surface area contributed by atoms with Gasteiger partial charge < -0.3 is 24.4 Å². The number of hydrogen-bond acceptors (Lipinski definition) is 5. The predicted molar refractivity (Wildman–Crippen MR) is 187 cm³/mol. The van der Waals surface area contributed by atoms with Crippen LogP contribution in [0.1, 0.15) is 58.1 Å². The van der Waals surface area contributed by atoms with E-state index >= 15 is 0 Å². The van der Waals surface area contributed by atoms with Crippen LogP contribution in [0.3, 0.4) is 0 Å². The number of carbonyl (C=O) groups excluding carboxylic acids is 2. The molecule has 4 rings (SSSR count). The lowest BCUT2D eigenvalue weighted by molar-refractivity contribution is -0.149. The Morgan fingerprint density at radius 2 is 1.84 bits per heavy atom. The molecule has 2 aromatic rings. The molecule has 238 valence electrons. The number of benzene rings is 2. The highest BCUT2D eigenvalue weighted by Gasteiger charge is 2.66. The standard InChI is InChI=1S/C35H47IN2O5Si/c1-24(2)11-10-12-25(3)17-18-38-30-16-15-28(36)21-29(30)35(34(38)41)26(4)33(44(5,6)42)31(43-35)22-32(40)37(19-20-39)23-27-13-8-7-9-14-27/h7-9,11,13-17,21,26,31,33,39,42H,10,12,18-20,22-23H2,1-6H3/b25-17+/t26-,31+,33-,35+/m1/s1. The molecule has 0 unspecified atom stereocenters. The van der Waals surface area contributed by atoms with Gasteiger partial charge in [0.2, 0.25) is 5.91 Å². The van der Waals surface area contributed by atoms with Gasteiger partial charge in [0.15, 0.2) is 13.9 Å². The average Bonchev–Trinajstić information content (AvgIpc) is 3.37. The average molecular weight is 731 g/mol. The molecular weight excluding hydrogens is 683 g/mol. The zero-order valence-corrected chi connectivity index (χ0v) is 30.0. The van der Waals surface area contributed by atoms with Crippen LogP contribution in [0, 0.1) is 9.49 Å². The van der Waals surface area contributed by atoms with E-state index in [1.165, 1.54) is 11.1 Å². The molecule has 7 nitrogen and oxygen atoms in total. The van der Waals surface area contributed by atoms with Gasteiger partial charge >= 0.3 is 0 Å². The molecule has 2 heterocycles. The maximum absolute atomic E-state index is 14.6. The summed E-state index contributed by atoms with van der Waals surface area (Å²) in [6.07, 6.45) is 5.62. The number of carbonyl (C=O) groups is 2. The molecule has 1 saturated heterocycles. The Hall–Kier alpha value is -2.31. The third kappa shape index (κ3) is 7.38. The quantitative estimate of drug-likeness (QED) is 0.147. The topological polar surface area (TPSA) is 90.3 Å². The van der Waals surface area contributed by atoms with Crippen LogP contribution in [0.25, 0.3) is 0 Å². The largest absolute Gasteiger partial charge is 0.432 e. The highest BCUT2D eigenvalue weighted by molar-refractivity contribution is 14.1. The van der Waals surface area contributed by atoms with E-state index in [9.17, 15) is 19.5 Å². The minimum atomic E-state index is -2.92. The summed E-state index contributed by atoms with van der Waals surface area (Å²) in [7, 11) is -2.92. The van der Waals surface area contributed by atoms with Gasteiger partial charge in [-0.3, -0.25) is 9.59 Å². The van der Waals surface area contributed by atoms with Crippen molar-refractivity contribution in [1.82, 2.24) is 4.90 Å². The van der Waals surface area contributed by atoms with Crippen LogP contribution in [0.4, 0.5) is 5.69 Å². The molecule has 0 aliphatic carbocycles. The monoisotopic (exact) mass is 730 g/mol. The molecule has 2 aliphatic heterocycles. The molecule has 4 atom stereocenters. The number of fused-ring (bicyclic) bond motifs is 2. The molecule has 0 aromatic heterocycles. The fourth-order valence-corrected chi connectivity index (χ4v) is 9.93. The van der Waals surface area contributed by atoms with E-state index in [1.54, 1.807) is 4.90 Å². The van der Waals surface area contributed by atoms with Crippen LogP contribution in [0.2, 0.25) is 18.6 Å². The van der Waals surface area contributed by atoms with Gasteiger partial charge in [-0.05, 0) is 93.1 Å². The van der Waals surface area contributed by atoms with Crippen molar-refractivity contribution in [2.24, 2.45) is 5.92 Å². The number of aliphatic hydroxyl groups excluding tert-OH is 1. The molecule has 44 heavy (non-hydrogen) atoms. The van der Waals surface area contributed by atoms with Crippen molar-refractivity contribution in [3.63, 3.8) is 0 Å². The fraction of sp³-hybridized carbons (Fsp3) is 0.486. The third-order valence-electron chi connectivity index (χ3n) is 8.97. The van der Waals surface area contributed by atoms with Crippen LogP contribution in [0.15, 0.2) is 71.8 Å². The molecule has 2 aromatic carbocycles.